The summed E-state index contributed by atoms with van der Waals surface area (Å²) >= 11 is 7.64. The number of hydrazone groups is 1. The Bertz CT molecular complexity index is 1310. The highest BCUT2D eigenvalue weighted by atomic mass is 35.5. The Morgan fingerprint density at radius 3 is 2.48 bits per heavy atom. The fourth-order valence-electron chi connectivity index (χ4n) is 2.90. The molecule has 0 aliphatic carbocycles. The first kappa shape index (κ1) is 22.3. The van der Waals surface area contributed by atoms with E-state index in [0.29, 0.717) is 22.1 Å². The summed E-state index contributed by atoms with van der Waals surface area (Å²) in [5.41, 5.74) is 3.69. The highest BCUT2D eigenvalue weighted by Crippen LogP contribution is 2.28. The highest BCUT2D eigenvalue weighted by Gasteiger charge is 2.14. The minimum atomic E-state index is -0.568. The molecule has 0 spiro atoms. The van der Waals surface area contributed by atoms with Gasteiger partial charge in [0.1, 0.15) is 17.2 Å². The van der Waals surface area contributed by atoms with Gasteiger partial charge in [-0.3, -0.25) is 9.59 Å². The summed E-state index contributed by atoms with van der Waals surface area (Å²) in [6.07, 6.45) is 2.97. The number of amides is 2. The molecular weight excluding hydrogens is 458 g/mol. The van der Waals surface area contributed by atoms with E-state index >= 15 is 0 Å². The Morgan fingerprint density at radius 1 is 0.939 bits per heavy atom. The van der Waals surface area contributed by atoms with Crippen molar-refractivity contribution in [3.63, 3.8) is 0 Å². The third-order valence-corrected chi connectivity index (χ3v) is 5.63. The molecule has 4 aromatic rings. The van der Waals surface area contributed by atoms with Crippen molar-refractivity contribution in [2.24, 2.45) is 5.10 Å². The first-order valence-corrected chi connectivity index (χ1v) is 11.2. The number of furan rings is 1. The van der Waals surface area contributed by atoms with Crippen molar-refractivity contribution < 1.29 is 14.0 Å². The molecule has 0 radical (unpaired) electrons. The number of carbonyl (C=O) groups is 2. The lowest BCUT2D eigenvalue weighted by atomic mass is 10.2. The van der Waals surface area contributed by atoms with E-state index in [2.05, 4.69) is 15.8 Å². The van der Waals surface area contributed by atoms with Crippen LogP contribution in [0.3, 0.4) is 0 Å². The Hall–Kier alpha value is -3.94. The van der Waals surface area contributed by atoms with E-state index in [9.17, 15) is 9.59 Å². The summed E-state index contributed by atoms with van der Waals surface area (Å²) in [6.45, 7) is 0. The van der Waals surface area contributed by atoms with Gasteiger partial charge in [0.15, 0.2) is 0 Å². The molecule has 0 unspecified atom stereocenters. The van der Waals surface area contributed by atoms with E-state index in [4.69, 9.17) is 16.0 Å². The van der Waals surface area contributed by atoms with E-state index in [-0.39, 0.29) is 5.70 Å². The summed E-state index contributed by atoms with van der Waals surface area (Å²) in [5.74, 6) is 0.0545. The van der Waals surface area contributed by atoms with Gasteiger partial charge < -0.3 is 9.73 Å². The van der Waals surface area contributed by atoms with Crippen molar-refractivity contribution in [2.75, 3.05) is 0 Å². The average molecular weight is 476 g/mol. The van der Waals surface area contributed by atoms with E-state index < -0.39 is 11.8 Å². The molecule has 4 rings (SSSR count). The van der Waals surface area contributed by atoms with Gasteiger partial charge in [0.05, 0.1) is 11.2 Å². The Balaban J connectivity index is 1.46. The normalized spacial score (nSPS) is 11.5. The SMILES string of the molecule is O=C(NN=Cc1ccc(-c2ccccc2Cl)o1)C(=Cc1cccs1)NC(=O)c1ccccc1. The summed E-state index contributed by atoms with van der Waals surface area (Å²) < 4.78 is 5.73. The van der Waals surface area contributed by atoms with Gasteiger partial charge in [0.2, 0.25) is 0 Å². The fraction of sp³-hybridized carbons (Fsp3) is 0. The minimum absolute atomic E-state index is 0.0691. The van der Waals surface area contributed by atoms with E-state index in [0.717, 1.165) is 10.4 Å². The second-order valence-corrected chi connectivity index (χ2v) is 8.16. The van der Waals surface area contributed by atoms with Gasteiger partial charge in [-0.2, -0.15) is 5.10 Å². The van der Waals surface area contributed by atoms with Gasteiger partial charge in [-0.25, -0.2) is 5.43 Å². The molecule has 2 heterocycles. The molecule has 2 N–H and O–H groups in total. The van der Waals surface area contributed by atoms with Crippen molar-refractivity contribution >= 4 is 47.0 Å². The molecule has 6 nitrogen and oxygen atoms in total. The summed E-state index contributed by atoms with van der Waals surface area (Å²) in [5, 5.41) is 9.07. The van der Waals surface area contributed by atoms with E-state index in [1.165, 1.54) is 17.6 Å². The second-order valence-electron chi connectivity index (χ2n) is 6.77. The van der Waals surface area contributed by atoms with Crippen LogP contribution < -0.4 is 10.7 Å². The number of carbonyl (C=O) groups excluding carboxylic acids is 2. The third kappa shape index (κ3) is 5.85. The smallest absolute Gasteiger partial charge is 0.287 e. The zero-order valence-corrected chi connectivity index (χ0v) is 18.8. The zero-order chi connectivity index (χ0) is 23.0. The molecule has 0 atom stereocenters. The summed E-state index contributed by atoms with van der Waals surface area (Å²) in [4.78, 5) is 26.1. The van der Waals surface area contributed by atoms with Gasteiger partial charge in [0.25, 0.3) is 11.8 Å². The maximum atomic E-state index is 12.7. The third-order valence-electron chi connectivity index (χ3n) is 4.48. The number of hydrogen-bond donors (Lipinski definition) is 2. The minimum Gasteiger partial charge on any atom is -0.455 e. The fourth-order valence-corrected chi connectivity index (χ4v) is 3.79. The predicted octanol–water partition coefficient (Wildman–Crippen LogP) is 5.58. The maximum absolute atomic E-state index is 12.7. The topological polar surface area (TPSA) is 83.7 Å². The molecular formula is C25H18ClN3O3S. The van der Waals surface area contributed by atoms with Crippen molar-refractivity contribution in [1.29, 1.82) is 0 Å². The molecule has 8 heteroatoms. The Labute approximate surface area is 199 Å². The number of hydrogen-bond acceptors (Lipinski definition) is 5. The first-order chi connectivity index (χ1) is 16.1. The van der Waals surface area contributed by atoms with Crippen LogP contribution in [0.2, 0.25) is 5.02 Å². The highest BCUT2D eigenvalue weighted by molar-refractivity contribution is 7.10. The Morgan fingerprint density at radius 2 is 1.73 bits per heavy atom. The Kier molecular flexibility index (Phi) is 7.14. The monoisotopic (exact) mass is 475 g/mol. The van der Waals surface area contributed by atoms with Crippen molar-refractivity contribution in [2.45, 2.75) is 0 Å². The zero-order valence-electron chi connectivity index (χ0n) is 17.2. The van der Waals surface area contributed by atoms with Gasteiger partial charge in [-0.15, -0.1) is 11.3 Å². The van der Waals surface area contributed by atoms with Crippen LogP contribution >= 0.6 is 22.9 Å². The molecule has 0 bridgehead atoms. The van der Waals surface area contributed by atoms with Crippen LogP contribution in [-0.4, -0.2) is 18.0 Å². The molecule has 2 aromatic carbocycles. The largest absolute Gasteiger partial charge is 0.455 e. The predicted molar refractivity (Wildman–Crippen MR) is 131 cm³/mol. The first-order valence-electron chi connectivity index (χ1n) is 9.90. The number of nitrogens with one attached hydrogen (secondary N) is 2. The number of nitrogens with zero attached hydrogens (tertiary/aromatic N) is 1. The molecule has 2 aromatic heterocycles. The van der Waals surface area contributed by atoms with Crippen LogP contribution in [0.1, 0.15) is 21.0 Å². The quantitative estimate of drug-likeness (QED) is 0.208. The molecule has 2 amide bonds. The lowest BCUT2D eigenvalue weighted by molar-refractivity contribution is -0.117. The maximum Gasteiger partial charge on any atom is 0.287 e. The van der Waals surface area contributed by atoms with Gasteiger partial charge >= 0.3 is 0 Å². The van der Waals surface area contributed by atoms with Crippen LogP contribution in [0.25, 0.3) is 17.4 Å². The lowest BCUT2D eigenvalue weighted by Gasteiger charge is -2.08. The standard InChI is InChI=1S/C25H18ClN3O3S/c26-21-11-5-4-10-20(21)23-13-12-18(32-23)16-27-29-25(31)22(15-19-9-6-14-33-19)28-24(30)17-7-2-1-3-8-17/h1-16H,(H,28,30)(H,29,31). The summed E-state index contributed by atoms with van der Waals surface area (Å²) in [6, 6.07) is 23.2. The number of halogens is 1. The summed E-state index contributed by atoms with van der Waals surface area (Å²) in [7, 11) is 0. The average Bonchev–Trinajstić information content (AvgIpc) is 3.52. The van der Waals surface area contributed by atoms with Crippen LogP contribution in [0.15, 0.2) is 99.5 Å². The molecule has 164 valence electrons. The van der Waals surface area contributed by atoms with Crippen molar-refractivity contribution in [3.8, 4) is 11.3 Å². The van der Waals surface area contributed by atoms with Crippen molar-refractivity contribution in [1.82, 2.24) is 10.7 Å². The van der Waals surface area contributed by atoms with Gasteiger partial charge in [-0.05, 0) is 53.9 Å². The molecule has 0 fully saturated rings. The molecule has 0 saturated heterocycles. The molecule has 0 saturated carbocycles. The lowest BCUT2D eigenvalue weighted by Crippen LogP contribution is -2.32. The molecule has 0 aliphatic rings. The van der Waals surface area contributed by atoms with E-state index in [1.807, 2.05) is 41.8 Å². The van der Waals surface area contributed by atoms with Gasteiger partial charge in [-0.1, -0.05) is 48.0 Å². The number of rotatable bonds is 7. The second kappa shape index (κ2) is 10.6. The van der Waals surface area contributed by atoms with E-state index in [1.54, 1.807) is 48.5 Å². The van der Waals surface area contributed by atoms with Crippen molar-refractivity contribution in [3.05, 3.63) is 111 Å². The van der Waals surface area contributed by atoms with Crippen LogP contribution in [-0.2, 0) is 4.79 Å². The molecule has 33 heavy (non-hydrogen) atoms. The molecule has 0 aliphatic heterocycles. The van der Waals surface area contributed by atoms with Crippen LogP contribution in [0, 0.1) is 0 Å². The van der Waals surface area contributed by atoms with Gasteiger partial charge in [0, 0.05) is 16.0 Å². The van der Waals surface area contributed by atoms with Crippen LogP contribution in [0.4, 0.5) is 0 Å². The van der Waals surface area contributed by atoms with Crippen LogP contribution in [0.5, 0.6) is 0 Å². The number of thiophene rings is 1. The number of benzene rings is 2.